The zero-order valence-corrected chi connectivity index (χ0v) is 13.3. The fourth-order valence-corrected chi connectivity index (χ4v) is 3.02. The first-order chi connectivity index (χ1) is 9.40. The fraction of sp³-hybridized carbons (Fsp3) is 0.588. The molecule has 0 radical (unpaired) electrons. The first-order valence-electron chi connectivity index (χ1n) is 7.46. The predicted octanol–water partition coefficient (Wildman–Crippen LogP) is 2.51. The predicted molar refractivity (Wildman–Crippen MR) is 83.4 cm³/mol. The van der Waals surface area contributed by atoms with E-state index in [9.17, 15) is 4.79 Å². The van der Waals surface area contributed by atoms with Crippen LogP contribution >= 0.6 is 0 Å². The Morgan fingerprint density at radius 2 is 1.95 bits per heavy atom. The van der Waals surface area contributed by atoms with Gasteiger partial charge in [0, 0.05) is 31.2 Å². The van der Waals surface area contributed by atoms with E-state index in [4.69, 9.17) is 0 Å². The van der Waals surface area contributed by atoms with Crippen LogP contribution < -0.4 is 0 Å². The van der Waals surface area contributed by atoms with Crippen LogP contribution in [0, 0.1) is 13.8 Å². The van der Waals surface area contributed by atoms with Crippen molar-refractivity contribution < 1.29 is 4.79 Å². The summed E-state index contributed by atoms with van der Waals surface area (Å²) in [5.74, 6) is 0.240. The number of rotatable bonds is 3. The molecule has 1 aromatic rings. The van der Waals surface area contributed by atoms with E-state index in [0.717, 1.165) is 25.2 Å². The average molecular weight is 274 g/mol. The van der Waals surface area contributed by atoms with Crippen molar-refractivity contribution in [3.8, 4) is 0 Å². The second-order valence-electron chi connectivity index (χ2n) is 6.19. The van der Waals surface area contributed by atoms with Crippen LogP contribution in [0.1, 0.15) is 35.3 Å². The number of benzene rings is 1. The summed E-state index contributed by atoms with van der Waals surface area (Å²) in [6.45, 7) is 11.4. The zero-order chi connectivity index (χ0) is 14.9. The normalized spacial score (nSPS) is 22.8. The summed E-state index contributed by atoms with van der Waals surface area (Å²) < 4.78 is 0. The van der Waals surface area contributed by atoms with Crippen molar-refractivity contribution in [3.63, 3.8) is 0 Å². The lowest BCUT2D eigenvalue weighted by Gasteiger charge is -2.41. The topological polar surface area (TPSA) is 23.6 Å². The summed E-state index contributed by atoms with van der Waals surface area (Å²) in [6.07, 6.45) is 0. The summed E-state index contributed by atoms with van der Waals surface area (Å²) in [4.78, 5) is 17.3. The molecule has 3 heteroatoms. The number of aryl methyl sites for hydroxylation is 2. The molecular weight excluding hydrogens is 248 g/mol. The van der Waals surface area contributed by atoms with Gasteiger partial charge in [-0.2, -0.15) is 0 Å². The summed E-state index contributed by atoms with van der Waals surface area (Å²) >= 11 is 0. The molecule has 2 unspecified atom stereocenters. The Hall–Kier alpha value is -1.19. The molecule has 1 aliphatic heterocycles. The Balaban J connectivity index is 2.13. The van der Waals surface area contributed by atoms with Crippen LogP contribution in [0.3, 0.4) is 0 Å². The van der Waals surface area contributed by atoms with Crippen LogP contribution in [0.5, 0.6) is 0 Å². The second-order valence-corrected chi connectivity index (χ2v) is 6.19. The molecule has 2 atom stereocenters. The minimum atomic E-state index is -0.0409. The maximum atomic E-state index is 12.7. The molecule has 1 aromatic carbocycles. The van der Waals surface area contributed by atoms with Crippen molar-refractivity contribution in [3.05, 3.63) is 34.9 Å². The van der Waals surface area contributed by atoms with Crippen molar-refractivity contribution in [2.45, 2.75) is 39.8 Å². The number of piperazine rings is 1. The molecule has 0 saturated carbocycles. The Labute approximate surface area is 122 Å². The molecular formula is C17H26N2O. The van der Waals surface area contributed by atoms with Gasteiger partial charge in [-0.15, -0.1) is 0 Å². The first kappa shape index (κ1) is 15.2. The number of ketones is 1. The van der Waals surface area contributed by atoms with E-state index in [2.05, 4.69) is 37.6 Å². The third-order valence-electron chi connectivity index (χ3n) is 4.55. The van der Waals surface area contributed by atoms with Crippen molar-refractivity contribution in [2.75, 3.05) is 26.7 Å². The van der Waals surface area contributed by atoms with Crippen molar-refractivity contribution in [1.82, 2.24) is 9.80 Å². The highest BCUT2D eigenvalue weighted by molar-refractivity contribution is 6.00. The van der Waals surface area contributed by atoms with E-state index in [1.54, 1.807) is 0 Å². The van der Waals surface area contributed by atoms with E-state index in [0.29, 0.717) is 6.04 Å². The van der Waals surface area contributed by atoms with E-state index >= 15 is 0 Å². The van der Waals surface area contributed by atoms with Gasteiger partial charge in [-0.1, -0.05) is 12.1 Å². The molecule has 2 rings (SSSR count). The Morgan fingerprint density at radius 3 is 2.55 bits per heavy atom. The lowest BCUT2D eigenvalue weighted by molar-refractivity contribution is 0.0536. The van der Waals surface area contributed by atoms with Crippen LogP contribution in [0.4, 0.5) is 0 Å². The Kier molecular flexibility index (Phi) is 4.61. The fourth-order valence-electron chi connectivity index (χ4n) is 3.02. The molecule has 1 aliphatic rings. The molecule has 0 bridgehead atoms. The minimum absolute atomic E-state index is 0.0409. The lowest BCUT2D eigenvalue weighted by atomic mass is 9.98. The minimum Gasteiger partial charge on any atom is -0.304 e. The molecule has 0 spiro atoms. The van der Waals surface area contributed by atoms with Gasteiger partial charge in [0.2, 0.25) is 0 Å². The summed E-state index contributed by atoms with van der Waals surface area (Å²) in [5, 5.41) is 0. The average Bonchev–Trinajstić information content (AvgIpc) is 2.40. The van der Waals surface area contributed by atoms with Crippen molar-refractivity contribution in [2.24, 2.45) is 0 Å². The third kappa shape index (κ3) is 3.10. The highest BCUT2D eigenvalue weighted by atomic mass is 16.1. The molecule has 1 saturated heterocycles. The Bertz CT molecular complexity index is 498. The monoisotopic (exact) mass is 274 g/mol. The number of nitrogens with zero attached hydrogens (tertiary/aromatic N) is 2. The molecule has 0 aliphatic carbocycles. The number of likely N-dealkylation sites (N-methyl/N-ethyl adjacent to an activating group) is 1. The van der Waals surface area contributed by atoms with Crippen LogP contribution in [0.25, 0.3) is 0 Å². The Morgan fingerprint density at radius 1 is 1.25 bits per heavy atom. The summed E-state index contributed by atoms with van der Waals surface area (Å²) in [6, 6.07) is 6.42. The van der Waals surface area contributed by atoms with Crippen LogP contribution in [0.15, 0.2) is 18.2 Å². The quantitative estimate of drug-likeness (QED) is 0.791. The summed E-state index contributed by atoms with van der Waals surface area (Å²) in [7, 11) is 2.14. The SMILES string of the molecule is Cc1ccc(C(=O)C(C)N2CCN(C)CC2C)cc1C. The van der Waals surface area contributed by atoms with E-state index in [1.807, 2.05) is 25.1 Å². The van der Waals surface area contributed by atoms with Crippen molar-refractivity contribution >= 4 is 5.78 Å². The van der Waals surface area contributed by atoms with Gasteiger partial charge in [-0.25, -0.2) is 0 Å². The second kappa shape index (κ2) is 6.06. The van der Waals surface area contributed by atoms with Gasteiger partial charge in [0.25, 0.3) is 0 Å². The molecule has 1 fully saturated rings. The number of hydrogen-bond donors (Lipinski definition) is 0. The van der Waals surface area contributed by atoms with Gasteiger partial charge in [-0.3, -0.25) is 9.69 Å². The molecule has 1 heterocycles. The maximum absolute atomic E-state index is 12.7. The lowest BCUT2D eigenvalue weighted by Crippen LogP contribution is -2.55. The molecule has 0 N–H and O–H groups in total. The largest absolute Gasteiger partial charge is 0.304 e. The van der Waals surface area contributed by atoms with Crippen LogP contribution in [-0.4, -0.2) is 54.3 Å². The third-order valence-corrected chi connectivity index (χ3v) is 4.55. The van der Waals surface area contributed by atoms with Gasteiger partial charge in [-0.05, 0) is 51.9 Å². The molecule has 3 nitrogen and oxygen atoms in total. The standard InChI is InChI=1S/C17H26N2O/c1-12-6-7-16(10-13(12)2)17(20)15(4)19-9-8-18(5)11-14(19)3/h6-7,10,14-15H,8-9,11H2,1-5H3. The highest BCUT2D eigenvalue weighted by Crippen LogP contribution is 2.17. The van der Waals surface area contributed by atoms with Gasteiger partial charge < -0.3 is 4.90 Å². The smallest absolute Gasteiger partial charge is 0.179 e. The zero-order valence-electron chi connectivity index (χ0n) is 13.3. The number of Topliss-reactive ketones (excluding diaryl/α,β-unsaturated/α-hetero) is 1. The summed E-state index contributed by atoms with van der Waals surface area (Å²) in [5.41, 5.74) is 3.27. The molecule has 0 aromatic heterocycles. The van der Waals surface area contributed by atoms with Crippen LogP contribution in [0.2, 0.25) is 0 Å². The van der Waals surface area contributed by atoms with Crippen LogP contribution in [-0.2, 0) is 0 Å². The molecule has 0 amide bonds. The van der Waals surface area contributed by atoms with E-state index in [-0.39, 0.29) is 11.8 Å². The number of carbonyl (C=O) groups is 1. The number of hydrogen-bond acceptors (Lipinski definition) is 3. The van der Waals surface area contributed by atoms with Gasteiger partial charge >= 0.3 is 0 Å². The van der Waals surface area contributed by atoms with Gasteiger partial charge in [0.15, 0.2) is 5.78 Å². The van der Waals surface area contributed by atoms with E-state index < -0.39 is 0 Å². The first-order valence-corrected chi connectivity index (χ1v) is 7.46. The maximum Gasteiger partial charge on any atom is 0.179 e. The number of carbonyl (C=O) groups excluding carboxylic acids is 1. The highest BCUT2D eigenvalue weighted by Gasteiger charge is 2.29. The molecule has 110 valence electrons. The van der Waals surface area contributed by atoms with Crippen molar-refractivity contribution in [1.29, 1.82) is 0 Å². The van der Waals surface area contributed by atoms with Gasteiger partial charge in [0.1, 0.15) is 0 Å². The van der Waals surface area contributed by atoms with Gasteiger partial charge in [0.05, 0.1) is 6.04 Å². The molecule has 20 heavy (non-hydrogen) atoms. The van der Waals surface area contributed by atoms with E-state index in [1.165, 1.54) is 11.1 Å².